The molecular weight excluding hydrogens is 320 g/mol. The van der Waals surface area contributed by atoms with Crippen LogP contribution in [0.2, 0.25) is 0 Å². The second kappa shape index (κ2) is 7.01. The van der Waals surface area contributed by atoms with Crippen LogP contribution in [0.15, 0.2) is 35.3 Å². The van der Waals surface area contributed by atoms with Gasteiger partial charge < -0.3 is 19.4 Å². The molecule has 1 amide bonds. The van der Waals surface area contributed by atoms with Crippen LogP contribution in [0.25, 0.3) is 0 Å². The van der Waals surface area contributed by atoms with Crippen molar-refractivity contribution in [2.75, 3.05) is 6.61 Å². The highest BCUT2D eigenvalue weighted by Gasteiger charge is 2.22. The first-order chi connectivity index (χ1) is 12.0. The molecule has 2 aromatic rings. The van der Waals surface area contributed by atoms with Crippen molar-refractivity contribution in [2.45, 2.75) is 32.9 Å². The maximum absolute atomic E-state index is 12.3. The second-order valence-corrected chi connectivity index (χ2v) is 6.18. The number of carbonyl (C=O) groups is 1. The summed E-state index contributed by atoms with van der Waals surface area (Å²) in [7, 11) is 1.62. The molecule has 2 heterocycles. The highest BCUT2D eigenvalue weighted by Crippen LogP contribution is 2.35. The van der Waals surface area contributed by atoms with Gasteiger partial charge >= 0.3 is 0 Å². The van der Waals surface area contributed by atoms with E-state index < -0.39 is 0 Å². The summed E-state index contributed by atoms with van der Waals surface area (Å²) in [5.41, 5.74) is 2.28. The van der Waals surface area contributed by atoms with Gasteiger partial charge in [-0.2, -0.15) is 0 Å². The van der Waals surface area contributed by atoms with E-state index in [1.807, 2.05) is 26.0 Å². The Kier molecular flexibility index (Phi) is 4.79. The van der Waals surface area contributed by atoms with E-state index in [9.17, 15) is 9.59 Å². The highest BCUT2D eigenvalue weighted by molar-refractivity contribution is 5.93. The third kappa shape index (κ3) is 3.68. The largest absolute Gasteiger partial charge is 0.494 e. The minimum atomic E-state index is -0.243. The predicted molar refractivity (Wildman–Crippen MR) is 94.3 cm³/mol. The zero-order valence-corrected chi connectivity index (χ0v) is 14.7. The van der Waals surface area contributed by atoms with E-state index >= 15 is 0 Å². The predicted octanol–water partition coefficient (Wildman–Crippen LogP) is 2.04. The van der Waals surface area contributed by atoms with Crippen LogP contribution >= 0.6 is 0 Å². The first-order valence-corrected chi connectivity index (χ1v) is 8.38. The number of nitrogens with zero attached hydrogens (tertiary/aromatic N) is 1. The number of nitrogens with one attached hydrogen (secondary N) is 1. The molecule has 1 atom stereocenters. The van der Waals surface area contributed by atoms with Crippen molar-refractivity contribution in [1.29, 1.82) is 0 Å². The lowest BCUT2D eigenvalue weighted by Crippen LogP contribution is -2.25. The quantitative estimate of drug-likeness (QED) is 0.903. The average Bonchev–Trinajstić information content (AvgIpc) is 2.94. The molecule has 0 aliphatic carbocycles. The molecule has 1 aromatic heterocycles. The van der Waals surface area contributed by atoms with E-state index in [1.165, 1.54) is 22.9 Å². The Labute approximate surface area is 146 Å². The number of rotatable bonds is 5. The number of carbonyl (C=O) groups excluding carboxylic acids is 1. The normalized spacial score (nSPS) is 15.4. The third-order valence-electron chi connectivity index (χ3n) is 4.17. The van der Waals surface area contributed by atoms with Gasteiger partial charge in [-0.15, -0.1) is 0 Å². The molecule has 25 heavy (non-hydrogen) atoms. The van der Waals surface area contributed by atoms with Crippen LogP contribution in [0, 0.1) is 0 Å². The first kappa shape index (κ1) is 17.1. The van der Waals surface area contributed by atoms with E-state index in [0.717, 1.165) is 29.0 Å². The Morgan fingerprint density at radius 2 is 2.20 bits per heavy atom. The van der Waals surface area contributed by atoms with Crippen LogP contribution in [-0.2, 0) is 20.0 Å². The Balaban J connectivity index is 1.78. The fourth-order valence-corrected chi connectivity index (χ4v) is 2.92. The number of pyridine rings is 1. The molecule has 0 spiro atoms. The van der Waals surface area contributed by atoms with E-state index in [2.05, 4.69) is 5.32 Å². The van der Waals surface area contributed by atoms with E-state index in [4.69, 9.17) is 9.47 Å². The molecule has 0 fully saturated rings. The van der Waals surface area contributed by atoms with Gasteiger partial charge in [-0.25, -0.2) is 0 Å². The SMILES string of the molecule is CCOc1cc2c(cc1CNC(=O)c1ccc(=O)n(C)c1)O[C@@H](C)C2. The van der Waals surface area contributed by atoms with Gasteiger partial charge in [0.25, 0.3) is 5.91 Å². The molecule has 1 N–H and O–H groups in total. The summed E-state index contributed by atoms with van der Waals surface area (Å²) in [5.74, 6) is 1.37. The van der Waals surface area contributed by atoms with Crippen molar-refractivity contribution in [3.63, 3.8) is 0 Å². The van der Waals surface area contributed by atoms with Crippen molar-refractivity contribution < 1.29 is 14.3 Å². The van der Waals surface area contributed by atoms with Gasteiger partial charge in [0.15, 0.2) is 0 Å². The molecule has 0 radical (unpaired) electrons. The number of benzene rings is 1. The summed E-state index contributed by atoms with van der Waals surface area (Å²) in [6, 6.07) is 6.83. The Morgan fingerprint density at radius 1 is 1.40 bits per heavy atom. The zero-order chi connectivity index (χ0) is 18.0. The fourth-order valence-electron chi connectivity index (χ4n) is 2.92. The van der Waals surface area contributed by atoms with Crippen LogP contribution in [0.4, 0.5) is 0 Å². The van der Waals surface area contributed by atoms with E-state index in [-0.39, 0.29) is 17.6 Å². The van der Waals surface area contributed by atoms with Crippen molar-refractivity contribution >= 4 is 5.91 Å². The van der Waals surface area contributed by atoms with Gasteiger partial charge in [-0.05, 0) is 32.0 Å². The van der Waals surface area contributed by atoms with Gasteiger partial charge in [0.2, 0.25) is 5.56 Å². The van der Waals surface area contributed by atoms with Crippen LogP contribution < -0.4 is 20.3 Å². The smallest absolute Gasteiger partial charge is 0.253 e. The van der Waals surface area contributed by atoms with Crippen molar-refractivity contribution in [2.24, 2.45) is 7.05 Å². The monoisotopic (exact) mass is 342 g/mol. The second-order valence-electron chi connectivity index (χ2n) is 6.18. The third-order valence-corrected chi connectivity index (χ3v) is 4.17. The Bertz CT molecular complexity index is 857. The molecule has 0 bridgehead atoms. The molecule has 132 valence electrons. The van der Waals surface area contributed by atoms with Gasteiger partial charge in [0, 0.05) is 43.4 Å². The molecule has 6 heteroatoms. The number of fused-ring (bicyclic) bond motifs is 1. The van der Waals surface area contributed by atoms with Gasteiger partial charge in [-0.1, -0.05) is 0 Å². The molecule has 0 saturated heterocycles. The fraction of sp³-hybridized carbons (Fsp3) is 0.368. The summed E-state index contributed by atoms with van der Waals surface area (Å²) in [6.07, 6.45) is 2.54. The first-order valence-electron chi connectivity index (χ1n) is 8.38. The number of aryl methyl sites for hydroxylation is 1. The summed E-state index contributed by atoms with van der Waals surface area (Å²) < 4.78 is 12.9. The summed E-state index contributed by atoms with van der Waals surface area (Å²) in [4.78, 5) is 23.8. The topological polar surface area (TPSA) is 69.6 Å². The number of aromatic nitrogens is 1. The molecular formula is C19H22N2O4. The molecule has 1 aromatic carbocycles. The minimum Gasteiger partial charge on any atom is -0.494 e. The van der Waals surface area contributed by atoms with Crippen molar-refractivity contribution in [3.8, 4) is 11.5 Å². The Morgan fingerprint density at radius 3 is 2.92 bits per heavy atom. The van der Waals surface area contributed by atoms with Crippen molar-refractivity contribution in [1.82, 2.24) is 9.88 Å². The summed E-state index contributed by atoms with van der Waals surface area (Å²) in [6.45, 7) is 4.83. The minimum absolute atomic E-state index is 0.153. The molecule has 0 unspecified atom stereocenters. The molecule has 6 nitrogen and oxygen atoms in total. The number of hydrogen-bond donors (Lipinski definition) is 1. The lowest BCUT2D eigenvalue weighted by molar-refractivity contribution is 0.0949. The lowest BCUT2D eigenvalue weighted by Gasteiger charge is -2.13. The Hall–Kier alpha value is -2.76. The van der Waals surface area contributed by atoms with Crippen LogP contribution in [0.5, 0.6) is 11.5 Å². The lowest BCUT2D eigenvalue weighted by atomic mass is 10.1. The number of ether oxygens (including phenoxy) is 2. The number of hydrogen-bond acceptors (Lipinski definition) is 4. The molecule has 3 rings (SSSR count). The molecule has 1 aliphatic heterocycles. The van der Waals surface area contributed by atoms with Crippen LogP contribution in [0.1, 0.15) is 35.3 Å². The van der Waals surface area contributed by atoms with Gasteiger partial charge in [-0.3, -0.25) is 9.59 Å². The van der Waals surface area contributed by atoms with Crippen molar-refractivity contribution in [3.05, 3.63) is 57.5 Å². The highest BCUT2D eigenvalue weighted by atomic mass is 16.5. The number of amides is 1. The van der Waals surface area contributed by atoms with Gasteiger partial charge in [0.1, 0.15) is 17.6 Å². The zero-order valence-electron chi connectivity index (χ0n) is 14.7. The summed E-state index contributed by atoms with van der Waals surface area (Å²) >= 11 is 0. The molecule has 0 saturated carbocycles. The van der Waals surface area contributed by atoms with Crippen LogP contribution in [-0.4, -0.2) is 23.2 Å². The van der Waals surface area contributed by atoms with Gasteiger partial charge in [0.05, 0.1) is 12.2 Å². The molecule has 1 aliphatic rings. The maximum atomic E-state index is 12.3. The maximum Gasteiger partial charge on any atom is 0.253 e. The van der Waals surface area contributed by atoms with Crippen LogP contribution in [0.3, 0.4) is 0 Å². The average molecular weight is 342 g/mol. The summed E-state index contributed by atoms with van der Waals surface area (Å²) in [5, 5.41) is 2.87. The van der Waals surface area contributed by atoms with E-state index in [1.54, 1.807) is 7.05 Å². The van der Waals surface area contributed by atoms with E-state index in [0.29, 0.717) is 18.7 Å². The standard InChI is InChI=1S/C19H22N2O4/c1-4-24-16-8-14-7-12(2)25-17(14)9-15(16)10-20-19(23)13-5-6-18(22)21(3)11-13/h5-6,8-9,11-12H,4,7,10H2,1-3H3,(H,20,23)/t12-/m0/s1.